The SMILES string of the molecule is Cc1c(Cl)ccc2c1ncn2CC(=O)C[C@@H]1[C@@H](O[Si](C)(C)CC(C)(C)C)CCCN1C(=O)OCc1ccccc1. The van der Waals surface area contributed by atoms with Crippen LogP contribution in [-0.4, -0.2) is 53.3 Å². The fourth-order valence-corrected chi connectivity index (χ4v) is 9.90. The van der Waals surface area contributed by atoms with Crippen LogP contribution in [-0.2, 0) is 27.1 Å². The zero-order valence-electron chi connectivity index (χ0n) is 24.6. The average molecular weight is 584 g/mol. The van der Waals surface area contributed by atoms with Crippen LogP contribution < -0.4 is 0 Å². The van der Waals surface area contributed by atoms with E-state index in [1.165, 1.54) is 0 Å². The number of Topliss-reactive ketones (excluding diaryl/α,β-unsaturated/α-hetero) is 1. The van der Waals surface area contributed by atoms with Gasteiger partial charge in [0.15, 0.2) is 14.1 Å². The summed E-state index contributed by atoms with van der Waals surface area (Å²) >= 11 is 6.27. The second-order valence-electron chi connectivity index (χ2n) is 12.8. The Morgan fingerprint density at radius 1 is 1.12 bits per heavy atom. The first-order valence-corrected chi connectivity index (χ1v) is 17.6. The molecule has 40 heavy (non-hydrogen) atoms. The lowest BCUT2D eigenvalue weighted by Crippen LogP contribution is -2.55. The first-order chi connectivity index (χ1) is 18.8. The van der Waals surface area contributed by atoms with E-state index in [4.69, 9.17) is 20.8 Å². The first-order valence-electron chi connectivity index (χ1n) is 14.1. The number of aryl methyl sites for hydroxylation is 1. The molecular weight excluding hydrogens is 542 g/mol. The summed E-state index contributed by atoms with van der Waals surface area (Å²) in [6.07, 6.45) is 2.88. The Labute approximate surface area is 243 Å². The van der Waals surface area contributed by atoms with Gasteiger partial charge in [0.05, 0.1) is 36.1 Å². The number of imidazole rings is 1. The molecule has 216 valence electrons. The largest absolute Gasteiger partial charge is 0.445 e. The van der Waals surface area contributed by atoms with Crippen LogP contribution in [0.1, 0.15) is 51.2 Å². The van der Waals surface area contributed by atoms with Gasteiger partial charge < -0.3 is 18.6 Å². The summed E-state index contributed by atoms with van der Waals surface area (Å²) < 4.78 is 14.4. The van der Waals surface area contributed by atoms with Crippen molar-refractivity contribution in [3.8, 4) is 0 Å². The second kappa shape index (κ2) is 12.5. The van der Waals surface area contributed by atoms with Crippen molar-refractivity contribution >= 4 is 42.8 Å². The zero-order valence-corrected chi connectivity index (χ0v) is 26.3. The van der Waals surface area contributed by atoms with Gasteiger partial charge >= 0.3 is 6.09 Å². The van der Waals surface area contributed by atoms with Crippen LogP contribution in [0, 0.1) is 12.3 Å². The predicted molar refractivity (Wildman–Crippen MR) is 162 cm³/mol. The maximum Gasteiger partial charge on any atom is 0.410 e. The van der Waals surface area contributed by atoms with Gasteiger partial charge in [-0.2, -0.15) is 0 Å². The first kappa shape index (κ1) is 30.3. The molecule has 3 aromatic rings. The molecule has 2 atom stereocenters. The number of aromatic nitrogens is 2. The lowest BCUT2D eigenvalue weighted by Gasteiger charge is -2.44. The Morgan fingerprint density at radius 3 is 2.55 bits per heavy atom. The average Bonchev–Trinajstić information content (AvgIpc) is 3.27. The molecule has 1 aromatic heterocycles. The maximum absolute atomic E-state index is 13.6. The van der Waals surface area contributed by atoms with E-state index >= 15 is 0 Å². The molecule has 2 aromatic carbocycles. The summed E-state index contributed by atoms with van der Waals surface area (Å²) in [6, 6.07) is 14.0. The molecule has 0 unspecified atom stereocenters. The minimum atomic E-state index is -2.08. The van der Waals surface area contributed by atoms with Crippen LogP contribution in [0.15, 0.2) is 48.8 Å². The smallest absolute Gasteiger partial charge is 0.410 e. The third-order valence-electron chi connectivity index (χ3n) is 7.35. The summed E-state index contributed by atoms with van der Waals surface area (Å²) in [7, 11) is -2.08. The van der Waals surface area contributed by atoms with E-state index in [0.29, 0.717) is 11.6 Å². The van der Waals surface area contributed by atoms with Gasteiger partial charge in [0.2, 0.25) is 0 Å². The van der Waals surface area contributed by atoms with Crippen molar-refractivity contribution in [3.05, 3.63) is 64.9 Å². The Bertz CT molecular complexity index is 1340. The van der Waals surface area contributed by atoms with Crippen LogP contribution in [0.2, 0.25) is 24.2 Å². The fraction of sp³-hybridized carbons (Fsp3) is 0.516. The molecular formula is C31H42ClN3O4Si. The number of halogens is 1. The number of likely N-dealkylation sites (tertiary alicyclic amines) is 1. The van der Waals surface area contributed by atoms with Gasteiger partial charge in [0, 0.05) is 18.0 Å². The quantitative estimate of drug-likeness (QED) is 0.245. The van der Waals surface area contributed by atoms with E-state index in [-0.39, 0.29) is 42.9 Å². The fourth-order valence-electron chi connectivity index (χ4n) is 6.02. The monoisotopic (exact) mass is 583 g/mol. The Hall–Kier alpha value is -2.68. The van der Waals surface area contributed by atoms with Crippen molar-refractivity contribution in [1.29, 1.82) is 0 Å². The molecule has 1 aliphatic heterocycles. The highest BCUT2D eigenvalue weighted by Crippen LogP contribution is 2.33. The highest BCUT2D eigenvalue weighted by molar-refractivity contribution is 6.71. The molecule has 0 bridgehead atoms. The van der Waals surface area contributed by atoms with Gasteiger partial charge in [0.1, 0.15) is 6.61 Å². The van der Waals surface area contributed by atoms with Crippen LogP contribution in [0.5, 0.6) is 0 Å². The Kier molecular flexibility index (Phi) is 9.43. The zero-order chi connectivity index (χ0) is 29.1. The number of rotatable bonds is 9. The summed E-state index contributed by atoms with van der Waals surface area (Å²) in [6.45, 7) is 14.0. The van der Waals surface area contributed by atoms with Crippen molar-refractivity contribution in [1.82, 2.24) is 14.5 Å². The van der Waals surface area contributed by atoms with E-state index in [0.717, 1.165) is 41.0 Å². The second-order valence-corrected chi connectivity index (χ2v) is 17.3. The van der Waals surface area contributed by atoms with Gasteiger partial charge in [-0.05, 0) is 67.6 Å². The van der Waals surface area contributed by atoms with Crippen molar-refractivity contribution in [2.45, 2.75) is 91.4 Å². The number of fused-ring (bicyclic) bond motifs is 1. The number of hydrogen-bond acceptors (Lipinski definition) is 5. The number of nitrogens with zero attached hydrogens (tertiary/aromatic N) is 3. The number of amides is 1. The van der Waals surface area contributed by atoms with Crippen molar-refractivity contribution in [3.63, 3.8) is 0 Å². The third-order valence-corrected chi connectivity index (χ3v) is 10.6. The maximum atomic E-state index is 13.6. The number of hydrogen-bond donors (Lipinski definition) is 0. The number of benzene rings is 2. The van der Waals surface area contributed by atoms with Crippen LogP contribution in [0.3, 0.4) is 0 Å². The lowest BCUT2D eigenvalue weighted by molar-refractivity contribution is -0.122. The molecule has 0 radical (unpaired) electrons. The van der Waals surface area contributed by atoms with E-state index in [2.05, 4.69) is 38.8 Å². The summed E-state index contributed by atoms with van der Waals surface area (Å²) in [4.78, 5) is 33.2. The van der Waals surface area contributed by atoms with Crippen LogP contribution in [0.25, 0.3) is 11.0 Å². The number of carbonyl (C=O) groups excluding carboxylic acids is 2. The molecule has 7 nitrogen and oxygen atoms in total. The minimum absolute atomic E-state index is 0.0172. The summed E-state index contributed by atoms with van der Waals surface area (Å²) in [5.41, 5.74) is 3.61. The molecule has 4 rings (SSSR count). The molecule has 9 heteroatoms. The van der Waals surface area contributed by atoms with Gasteiger partial charge in [-0.25, -0.2) is 9.78 Å². The highest BCUT2D eigenvalue weighted by atomic mass is 35.5. The molecule has 2 heterocycles. The van der Waals surface area contributed by atoms with Crippen molar-refractivity contribution in [2.75, 3.05) is 6.54 Å². The molecule has 1 aliphatic rings. The number of piperidine rings is 1. The molecule has 0 spiro atoms. The number of ketones is 1. The van der Waals surface area contributed by atoms with E-state index < -0.39 is 14.4 Å². The Morgan fingerprint density at radius 2 is 1.85 bits per heavy atom. The van der Waals surface area contributed by atoms with Crippen LogP contribution >= 0.6 is 11.6 Å². The molecule has 0 aliphatic carbocycles. The molecule has 1 fully saturated rings. The van der Waals surface area contributed by atoms with E-state index in [1.54, 1.807) is 11.2 Å². The number of carbonyl (C=O) groups is 2. The van der Waals surface area contributed by atoms with Crippen molar-refractivity contribution in [2.24, 2.45) is 5.41 Å². The Balaban J connectivity index is 1.54. The van der Waals surface area contributed by atoms with Crippen LogP contribution in [0.4, 0.5) is 4.79 Å². The lowest BCUT2D eigenvalue weighted by atomic mass is 9.95. The number of ether oxygens (including phenoxy) is 1. The van der Waals surface area contributed by atoms with E-state index in [1.807, 2.05) is 54.0 Å². The molecule has 0 N–H and O–H groups in total. The molecule has 1 saturated heterocycles. The van der Waals surface area contributed by atoms with E-state index in [9.17, 15) is 9.59 Å². The normalized spacial score (nSPS) is 18.2. The molecule has 0 saturated carbocycles. The standard InChI is InChI=1S/C31H42ClN3O4Si/c1-22-25(32)14-15-26-29(22)33-21-34(26)18-24(36)17-27-28(39-40(5,6)20-31(2,3)4)13-10-16-35(27)30(37)38-19-23-11-8-7-9-12-23/h7-9,11-12,14-15,21,27-28H,10,13,16-20H2,1-6H3/t27-,28+/m1/s1. The van der Waals surface area contributed by atoms with Gasteiger partial charge in [-0.1, -0.05) is 62.7 Å². The van der Waals surface area contributed by atoms with Gasteiger partial charge in [-0.15, -0.1) is 0 Å². The summed E-state index contributed by atoms with van der Waals surface area (Å²) in [5.74, 6) is 0.0172. The highest BCUT2D eigenvalue weighted by Gasteiger charge is 2.41. The summed E-state index contributed by atoms with van der Waals surface area (Å²) in [5, 5.41) is 0.651. The van der Waals surface area contributed by atoms with Gasteiger partial charge in [-0.3, -0.25) is 4.79 Å². The minimum Gasteiger partial charge on any atom is -0.445 e. The third kappa shape index (κ3) is 7.74. The molecule has 1 amide bonds. The predicted octanol–water partition coefficient (Wildman–Crippen LogP) is 7.39. The topological polar surface area (TPSA) is 73.7 Å². The van der Waals surface area contributed by atoms with Crippen molar-refractivity contribution < 1.29 is 18.8 Å². The van der Waals surface area contributed by atoms with Gasteiger partial charge in [0.25, 0.3) is 0 Å².